The predicted octanol–water partition coefficient (Wildman–Crippen LogP) is 4.80. The third kappa shape index (κ3) is 4.23. The molecule has 0 radical (unpaired) electrons. The number of piperidine rings is 1. The maximum absolute atomic E-state index is 13.4. The highest BCUT2D eigenvalue weighted by Gasteiger charge is 2.36. The van der Waals surface area contributed by atoms with E-state index >= 15 is 0 Å². The number of nitrogens with zero attached hydrogens (tertiary/aromatic N) is 4. The lowest BCUT2D eigenvalue weighted by molar-refractivity contribution is 0.355. The van der Waals surface area contributed by atoms with Crippen molar-refractivity contribution in [1.82, 2.24) is 9.97 Å². The molecule has 0 saturated carbocycles. The summed E-state index contributed by atoms with van der Waals surface area (Å²) in [7, 11) is -4.03. The molecule has 1 aromatic heterocycles. The zero-order chi connectivity index (χ0) is 22.2. The van der Waals surface area contributed by atoms with E-state index in [0.29, 0.717) is 33.7 Å². The number of fused-ring (bicyclic) bond motifs is 1. The van der Waals surface area contributed by atoms with Crippen LogP contribution in [0.15, 0.2) is 53.4 Å². The molecule has 160 valence electrons. The van der Waals surface area contributed by atoms with E-state index in [1.807, 2.05) is 24.3 Å². The highest BCUT2D eigenvalue weighted by molar-refractivity contribution is 7.92. The Hall–Kier alpha value is -2.69. The van der Waals surface area contributed by atoms with Gasteiger partial charge >= 0.3 is 0 Å². The Labute approximate surface area is 187 Å². The maximum atomic E-state index is 13.4. The third-order valence-electron chi connectivity index (χ3n) is 5.56. The zero-order valence-corrected chi connectivity index (χ0v) is 18.9. The lowest BCUT2D eigenvalue weighted by Crippen LogP contribution is -2.40. The molecule has 0 aliphatic carbocycles. The van der Waals surface area contributed by atoms with E-state index in [9.17, 15) is 13.7 Å². The Kier molecular flexibility index (Phi) is 5.87. The van der Waals surface area contributed by atoms with Gasteiger partial charge in [0.2, 0.25) is 9.84 Å². The molecule has 1 aliphatic heterocycles. The van der Waals surface area contributed by atoms with Crippen molar-refractivity contribution in [3.8, 4) is 6.07 Å². The minimum Gasteiger partial charge on any atom is -0.354 e. The smallest absolute Gasteiger partial charge is 0.200 e. The summed E-state index contributed by atoms with van der Waals surface area (Å²) in [5.74, 6) is 1.33. The second-order valence-electron chi connectivity index (χ2n) is 8.28. The quantitative estimate of drug-likeness (QED) is 0.562. The molecule has 1 fully saturated rings. The van der Waals surface area contributed by atoms with Gasteiger partial charge < -0.3 is 4.90 Å². The lowest BCUT2D eigenvalue weighted by Gasteiger charge is -2.36. The van der Waals surface area contributed by atoms with Gasteiger partial charge in [0, 0.05) is 18.1 Å². The Morgan fingerprint density at radius 1 is 1.03 bits per heavy atom. The van der Waals surface area contributed by atoms with Gasteiger partial charge in [0.1, 0.15) is 5.69 Å². The van der Waals surface area contributed by atoms with Gasteiger partial charge in [0.05, 0.1) is 22.0 Å². The van der Waals surface area contributed by atoms with E-state index in [4.69, 9.17) is 16.6 Å². The highest BCUT2D eigenvalue weighted by atomic mass is 35.5. The first-order chi connectivity index (χ1) is 14.8. The van der Waals surface area contributed by atoms with Crippen LogP contribution >= 0.6 is 11.6 Å². The second-order valence-corrected chi connectivity index (χ2v) is 10.7. The van der Waals surface area contributed by atoms with Crippen LogP contribution in [0.3, 0.4) is 0 Å². The van der Waals surface area contributed by atoms with Crippen molar-refractivity contribution in [2.24, 2.45) is 11.8 Å². The number of rotatable bonds is 4. The van der Waals surface area contributed by atoms with Crippen LogP contribution in [0.2, 0.25) is 5.02 Å². The number of nitriles is 1. The van der Waals surface area contributed by atoms with Gasteiger partial charge in [0.15, 0.2) is 11.1 Å². The number of aromatic nitrogens is 2. The molecule has 3 atom stereocenters. The Morgan fingerprint density at radius 2 is 1.61 bits per heavy atom. The first kappa shape index (κ1) is 21.5. The van der Waals surface area contributed by atoms with E-state index in [0.717, 1.165) is 19.5 Å². The van der Waals surface area contributed by atoms with Crippen molar-refractivity contribution in [2.45, 2.75) is 30.4 Å². The van der Waals surface area contributed by atoms with E-state index in [1.54, 1.807) is 6.07 Å². The van der Waals surface area contributed by atoms with E-state index < -0.39 is 15.1 Å². The van der Waals surface area contributed by atoms with Crippen LogP contribution in [0.5, 0.6) is 0 Å². The van der Waals surface area contributed by atoms with Crippen molar-refractivity contribution in [3.63, 3.8) is 0 Å². The van der Waals surface area contributed by atoms with Crippen molar-refractivity contribution in [1.29, 1.82) is 5.26 Å². The summed E-state index contributed by atoms with van der Waals surface area (Å²) in [6.07, 6.45) is 1.09. The summed E-state index contributed by atoms with van der Waals surface area (Å²) in [4.78, 5) is 11.5. The summed E-state index contributed by atoms with van der Waals surface area (Å²) < 4.78 is 26.8. The van der Waals surface area contributed by atoms with Gasteiger partial charge in [-0.2, -0.15) is 5.26 Å². The number of hydrogen-bond donors (Lipinski definition) is 0. The Morgan fingerprint density at radius 3 is 2.19 bits per heavy atom. The normalized spacial score (nSPS) is 20.4. The standard InChI is InChI=1S/C23H23ClN4O2S/c1-15-11-16(2)14-28(13-15)23-22(26-19-5-3-4-6-20(19)27-23)21(12-25)31(29,30)18-9-7-17(24)8-10-18/h3-10,15-16,21H,11,13-14H2,1-2H3/t15-,16-,21-/m1/s1. The van der Waals surface area contributed by atoms with Crippen molar-refractivity contribution < 1.29 is 8.42 Å². The highest BCUT2D eigenvalue weighted by Crippen LogP contribution is 2.36. The number of sulfone groups is 1. The summed E-state index contributed by atoms with van der Waals surface area (Å²) in [5.41, 5.74) is 1.41. The van der Waals surface area contributed by atoms with Crippen LogP contribution in [0.1, 0.15) is 31.2 Å². The molecule has 0 N–H and O–H groups in total. The molecule has 4 rings (SSSR count). The van der Waals surface area contributed by atoms with Gasteiger partial charge in [-0.15, -0.1) is 0 Å². The van der Waals surface area contributed by atoms with Gasteiger partial charge in [-0.05, 0) is 54.7 Å². The largest absolute Gasteiger partial charge is 0.354 e. The van der Waals surface area contributed by atoms with Crippen LogP contribution in [-0.4, -0.2) is 31.5 Å². The average Bonchev–Trinajstić information content (AvgIpc) is 2.73. The number of halogens is 1. The molecular formula is C23H23ClN4O2S. The molecule has 6 nitrogen and oxygen atoms in total. The zero-order valence-electron chi connectivity index (χ0n) is 17.4. The van der Waals surface area contributed by atoms with Gasteiger partial charge in [-0.25, -0.2) is 18.4 Å². The van der Waals surface area contributed by atoms with Gasteiger partial charge in [-0.1, -0.05) is 37.6 Å². The van der Waals surface area contributed by atoms with Crippen molar-refractivity contribution in [3.05, 3.63) is 59.2 Å². The minimum atomic E-state index is -4.03. The number of para-hydroxylation sites is 2. The molecule has 0 amide bonds. The molecule has 8 heteroatoms. The number of benzene rings is 2. The second kappa shape index (κ2) is 8.45. The van der Waals surface area contributed by atoms with E-state index in [-0.39, 0.29) is 10.6 Å². The minimum absolute atomic E-state index is 0.0322. The molecule has 0 unspecified atom stereocenters. The Balaban J connectivity index is 1.90. The average molecular weight is 455 g/mol. The van der Waals surface area contributed by atoms with Crippen LogP contribution in [-0.2, 0) is 9.84 Å². The first-order valence-electron chi connectivity index (χ1n) is 10.2. The third-order valence-corrected chi connectivity index (χ3v) is 7.70. The molecule has 0 spiro atoms. The van der Waals surface area contributed by atoms with Crippen LogP contribution in [0.4, 0.5) is 5.82 Å². The van der Waals surface area contributed by atoms with Gasteiger partial charge in [-0.3, -0.25) is 0 Å². The fraction of sp³-hybridized carbons (Fsp3) is 0.348. The molecule has 1 aliphatic rings. The fourth-order valence-corrected chi connectivity index (χ4v) is 5.79. The Bertz CT molecular complexity index is 1240. The molecule has 3 aromatic rings. The first-order valence-corrected chi connectivity index (χ1v) is 12.1. The predicted molar refractivity (Wildman–Crippen MR) is 122 cm³/mol. The van der Waals surface area contributed by atoms with Crippen LogP contribution in [0, 0.1) is 23.2 Å². The van der Waals surface area contributed by atoms with E-state index in [1.165, 1.54) is 24.3 Å². The van der Waals surface area contributed by atoms with Crippen molar-refractivity contribution >= 4 is 38.3 Å². The lowest BCUT2D eigenvalue weighted by atomic mass is 9.92. The summed E-state index contributed by atoms with van der Waals surface area (Å²) >= 11 is 5.92. The monoisotopic (exact) mass is 454 g/mol. The summed E-state index contributed by atoms with van der Waals surface area (Å²) in [6.45, 7) is 5.82. The fourth-order valence-electron chi connectivity index (χ4n) is 4.29. The molecule has 2 heterocycles. The molecular weight excluding hydrogens is 432 g/mol. The maximum Gasteiger partial charge on any atom is 0.200 e. The summed E-state index contributed by atoms with van der Waals surface area (Å²) in [5, 5.41) is 8.94. The topological polar surface area (TPSA) is 86.9 Å². The molecule has 0 bridgehead atoms. The molecule has 31 heavy (non-hydrogen) atoms. The molecule has 1 saturated heterocycles. The SMILES string of the molecule is C[C@@H]1C[C@@H](C)CN(c2nc3ccccc3nc2[C@@H](C#N)S(=O)(=O)c2ccc(Cl)cc2)C1. The molecule has 2 aromatic carbocycles. The number of hydrogen-bond acceptors (Lipinski definition) is 6. The van der Waals surface area contributed by atoms with Crippen molar-refractivity contribution in [2.75, 3.05) is 18.0 Å². The summed E-state index contributed by atoms with van der Waals surface area (Å²) in [6, 6.07) is 15.1. The van der Waals surface area contributed by atoms with Crippen LogP contribution < -0.4 is 4.90 Å². The van der Waals surface area contributed by atoms with E-state index in [2.05, 4.69) is 23.7 Å². The number of anilines is 1. The van der Waals surface area contributed by atoms with Crippen LogP contribution in [0.25, 0.3) is 11.0 Å². The van der Waals surface area contributed by atoms with Gasteiger partial charge in [0.25, 0.3) is 0 Å².